The van der Waals surface area contributed by atoms with E-state index in [0.29, 0.717) is 29.5 Å². The Bertz CT molecular complexity index is 1050. The number of halogens is 1. The predicted octanol–water partition coefficient (Wildman–Crippen LogP) is 3.34. The van der Waals surface area contributed by atoms with Gasteiger partial charge in [-0.25, -0.2) is 9.37 Å². The molecule has 0 bridgehead atoms. The Morgan fingerprint density at radius 2 is 2.03 bits per heavy atom. The molecule has 4 rings (SSSR count). The van der Waals surface area contributed by atoms with Crippen molar-refractivity contribution in [2.45, 2.75) is 46.7 Å². The molecule has 1 aliphatic heterocycles. The Morgan fingerprint density at radius 3 is 2.66 bits per heavy atom. The number of aryl methyl sites for hydroxylation is 1. The first-order chi connectivity index (χ1) is 13.6. The van der Waals surface area contributed by atoms with E-state index in [9.17, 15) is 14.0 Å². The van der Waals surface area contributed by atoms with Crippen LogP contribution in [0.1, 0.15) is 60.8 Å². The molecule has 0 unspecified atom stereocenters. The lowest BCUT2D eigenvalue weighted by Crippen LogP contribution is -2.39. The molecule has 0 radical (unpaired) electrons. The van der Waals surface area contributed by atoms with Crippen LogP contribution in [0.5, 0.6) is 0 Å². The normalized spacial score (nSPS) is 17.0. The van der Waals surface area contributed by atoms with E-state index in [1.54, 1.807) is 12.3 Å². The van der Waals surface area contributed by atoms with Crippen LogP contribution in [0.15, 0.2) is 34.1 Å². The number of hydrogen-bond donors (Lipinski definition) is 3. The summed E-state index contributed by atoms with van der Waals surface area (Å²) < 4.78 is 20.2. The van der Waals surface area contributed by atoms with Gasteiger partial charge in [0, 0.05) is 12.2 Å². The maximum Gasteiger partial charge on any atom is 0.254 e. The van der Waals surface area contributed by atoms with Gasteiger partial charge >= 0.3 is 0 Å². The summed E-state index contributed by atoms with van der Waals surface area (Å²) in [5, 5.41) is 8.89. The summed E-state index contributed by atoms with van der Waals surface area (Å²) in [4.78, 5) is 28.7. The smallest absolute Gasteiger partial charge is 0.254 e. The van der Waals surface area contributed by atoms with Crippen LogP contribution in [0.4, 0.5) is 10.1 Å². The molecule has 29 heavy (non-hydrogen) atoms. The molecule has 8 heteroatoms. The lowest BCUT2D eigenvalue weighted by atomic mass is 9.85. The number of nitrogens with zero attached hydrogens (tertiary/aromatic N) is 1. The molecule has 0 saturated heterocycles. The molecule has 7 nitrogen and oxygen atoms in total. The lowest BCUT2D eigenvalue weighted by Gasteiger charge is -2.34. The molecule has 152 valence electrons. The number of hydrogen-bond acceptors (Lipinski definition) is 6. The Kier molecular flexibility index (Phi) is 4.44. The average molecular weight is 398 g/mol. The van der Waals surface area contributed by atoms with E-state index in [4.69, 9.17) is 4.42 Å². The van der Waals surface area contributed by atoms with Crippen LogP contribution in [0.2, 0.25) is 0 Å². The molecule has 3 N–H and O–H groups in total. The van der Waals surface area contributed by atoms with Crippen molar-refractivity contribution in [1.82, 2.24) is 15.6 Å². The topological polar surface area (TPSA) is 96.3 Å². The number of carbonyl (C=O) groups is 2. The first-order valence-electron chi connectivity index (χ1n) is 9.47. The molecule has 1 aromatic heterocycles. The number of rotatable bonds is 5. The van der Waals surface area contributed by atoms with Gasteiger partial charge in [0.2, 0.25) is 5.89 Å². The number of carbonyl (C=O) groups excluding carboxylic acids is 2. The van der Waals surface area contributed by atoms with E-state index in [1.807, 2.05) is 27.7 Å². The number of benzene rings is 1. The first kappa shape index (κ1) is 19.2. The van der Waals surface area contributed by atoms with Gasteiger partial charge in [0.1, 0.15) is 23.3 Å². The van der Waals surface area contributed by atoms with Crippen LogP contribution >= 0.6 is 0 Å². The number of aromatic nitrogens is 1. The van der Waals surface area contributed by atoms with E-state index in [-0.39, 0.29) is 46.5 Å². The van der Waals surface area contributed by atoms with Crippen LogP contribution in [0.25, 0.3) is 0 Å². The number of anilines is 1. The number of fused-ring (bicyclic) bond motifs is 1. The van der Waals surface area contributed by atoms with E-state index in [2.05, 4.69) is 20.9 Å². The molecule has 1 atom stereocenters. The van der Waals surface area contributed by atoms with Crippen LogP contribution in [0, 0.1) is 18.2 Å². The summed E-state index contributed by atoms with van der Waals surface area (Å²) in [6.07, 6.45) is 1.84. The van der Waals surface area contributed by atoms with Gasteiger partial charge in [-0.1, -0.05) is 26.8 Å². The zero-order valence-corrected chi connectivity index (χ0v) is 16.8. The third-order valence-electron chi connectivity index (χ3n) is 5.15. The maximum absolute atomic E-state index is 14.5. The highest BCUT2D eigenvalue weighted by atomic mass is 19.1. The van der Waals surface area contributed by atoms with E-state index in [1.165, 1.54) is 6.07 Å². The molecule has 0 saturated carbocycles. The van der Waals surface area contributed by atoms with Gasteiger partial charge in [0.25, 0.3) is 5.91 Å². The molecular weight excluding hydrogens is 375 g/mol. The van der Waals surface area contributed by atoms with Crippen LogP contribution in [-0.4, -0.2) is 16.7 Å². The lowest BCUT2D eigenvalue weighted by molar-refractivity contribution is -0.116. The number of oxazole rings is 1. The molecule has 2 aromatic rings. The molecule has 2 aliphatic rings. The van der Waals surface area contributed by atoms with Crippen LogP contribution in [-0.2, 0) is 11.3 Å². The molecule has 0 fully saturated rings. The number of nitrogens with one attached hydrogen (secondary N) is 3. The van der Waals surface area contributed by atoms with Gasteiger partial charge in [-0.05, 0) is 24.0 Å². The van der Waals surface area contributed by atoms with Crippen molar-refractivity contribution in [3.05, 3.63) is 58.3 Å². The summed E-state index contributed by atoms with van der Waals surface area (Å²) in [5.74, 6) is 0.127. The number of allylic oxidation sites excluding steroid dienone is 2. The molecule has 0 spiro atoms. The zero-order chi connectivity index (χ0) is 20.9. The molecule has 2 heterocycles. The van der Waals surface area contributed by atoms with E-state index in [0.717, 1.165) is 0 Å². The van der Waals surface area contributed by atoms with Crippen molar-refractivity contribution in [2.24, 2.45) is 5.41 Å². The fraction of sp³-hybridized carbons (Fsp3) is 0.381. The number of ketones is 1. The van der Waals surface area contributed by atoms with Crippen molar-refractivity contribution >= 4 is 17.4 Å². The highest BCUT2D eigenvalue weighted by Gasteiger charge is 2.37. The number of amides is 1. The van der Waals surface area contributed by atoms with Gasteiger partial charge in [-0.3, -0.25) is 9.59 Å². The van der Waals surface area contributed by atoms with Crippen molar-refractivity contribution in [3.8, 4) is 0 Å². The van der Waals surface area contributed by atoms with Crippen LogP contribution in [0.3, 0.4) is 0 Å². The maximum atomic E-state index is 14.5. The van der Waals surface area contributed by atoms with Crippen molar-refractivity contribution < 1.29 is 18.4 Å². The third-order valence-corrected chi connectivity index (χ3v) is 5.15. The fourth-order valence-electron chi connectivity index (χ4n) is 3.53. The second kappa shape index (κ2) is 6.72. The molecule has 1 aliphatic carbocycles. The largest absolute Gasteiger partial charge is 0.444 e. The average Bonchev–Trinajstić information content (AvgIpc) is 3.22. The summed E-state index contributed by atoms with van der Waals surface area (Å²) >= 11 is 0. The van der Waals surface area contributed by atoms with E-state index >= 15 is 0 Å². The fourth-order valence-corrected chi connectivity index (χ4v) is 3.53. The summed E-state index contributed by atoms with van der Waals surface area (Å²) in [7, 11) is 0. The second-order valence-electron chi connectivity index (χ2n) is 8.47. The highest BCUT2D eigenvalue weighted by molar-refractivity contribution is 6.09. The van der Waals surface area contributed by atoms with Crippen LogP contribution < -0.4 is 16.0 Å². The Labute approximate surface area is 167 Å². The van der Waals surface area contributed by atoms with E-state index < -0.39 is 5.82 Å². The van der Waals surface area contributed by atoms with Gasteiger partial charge in [-0.2, -0.15) is 0 Å². The minimum absolute atomic E-state index is 0.0270. The predicted molar refractivity (Wildman–Crippen MR) is 104 cm³/mol. The summed E-state index contributed by atoms with van der Waals surface area (Å²) in [6.45, 7) is 8.27. The van der Waals surface area contributed by atoms with Gasteiger partial charge in [-0.15, -0.1) is 0 Å². The van der Waals surface area contributed by atoms with Crippen molar-refractivity contribution in [2.75, 3.05) is 5.32 Å². The second-order valence-corrected chi connectivity index (χ2v) is 8.47. The van der Waals surface area contributed by atoms with Gasteiger partial charge in [0.05, 0.1) is 23.9 Å². The Balaban J connectivity index is 1.67. The van der Waals surface area contributed by atoms with Crippen molar-refractivity contribution in [1.29, 1.82) is 0 Å². The van der Waals surface area contributed by atoms with Gasteiger partial charge < -0.3 is 20.4 Å². The quantitative estimate of drug-likeness (QED) is 0.715. The minimum atomic E-state index is -0.581. The molecule has 1 aromatic carbocycles. The monoisotopic (exact) mass is 398 g/mol. The summed E-state index contributed by atoms with van der Waals surface area (Å²) in [6, 6.07) is 2.58. The van der Waals surface area contributed by atoms with Gasteiger partial charge in [0.15, 0.2) is 5.78 Å². The highest BCUT2D eigenvalue weighted by Crippen LogP contribution is 2.37. The minimum Gasteiger partial charge on any atom is -0.444 e. The molecular formula is C21H23FN4O3. The Hall–Kier alpha value is -3.16. The third kappa shape index (κ3) is 3.39. The SMILES string of the molecule is Cc1cnc([C@H](NC2=C(Nc3c(F)ccc4c3C(=O)NC4)C(=O)C2)C(C)(C)C)o1. The number of Topliss-reactive ketones (excluding diaryl/α,β-unsaturated/α-hetero) is 1. The zero-order valence-electron chi connectivity index (χ0n) is 16.8. The summed E-state index contributed by atoms with van der Waals surface area (Å²) in [5.41, 5.74) is 1.61. The first-order valence-corrected chi connectivity index (χ1v) is 9.47. The Morgan fingerprint density at radius 1 is 1.28 bits per heavy atom. The standard InChI is InChI=1S/C21H23FN4O3/c1-10-8-24-20(29-10)18(21(2,3)4)25-13-7-14(27)17(13)26-16-12(22)6-5-11-9-23-19(28)15(11)16/h5-6,8,18,25-26H,7,9H2,1-4H3,(H,23,28)/t18-/m0/s1. The van der Waals surface area contributed by atoms with Crippen molar-refractivity contribution in [3.63, 3.8) is 0 Å². The molecule has 1 amide bonds.